The van der Waals surface area contributed by atoms with Gasteiger partial charge in [-0.25, -0.2) is 0 Å². The quantitative estimate of drug-likeness (QED) is 0.265. The van der Waals surface area contributed by atoms with Crippen LogP contribution in [0.4, 0.5) is 0 Å². The van der Waals surface area contributed by atoms with Crippen molar-refractivity contribution in [2.75, 3.05) is 6.54 Å². The van der Waals surface area contributed by atoms with Gasteiger partial charge in [0.15, 0.2) is 5.78 Å². The molecule has 3 aromatic rings. The number of rotatable bonds is 9. The normalized spacial score (nSPS) is 11.0. The van der Waals surface area contributed by atoms with E-state index in [2.05, 4.69) is 87.8 Å². The largest absolute Gasteiger partial charge is 0.391 e. The molecule has 176 valence electrons. The Morgan fingerprint density at radius 2 is 1.76 bits per heavy atom. The Hall–Kier alpha value is -2.87. The zero-order valence-electron chi connectivity index (χ0n) is 21.4. The second-order valence-corrected chi connectivity index (χ2v) is 9.04. The second-order valence-electron chi connectivity index (χ2n) is 9.04. The highest BCUT2D eigenvalue weighted by molar-refractivity contribution is 5.95. The smallest absolute Gasteiger partial charge is 0.160 e. The van der Waals surface area contributed by atoms with E-state index in [1.807, 2.05) is 19.1 Å². The number of benzene rings is 3. The highest BCUT2D eigenvalue weighted by atomic mass is 16.1. The fourth-order valence-electron chi connectivity index (χ4n) is 3.92. The number of carbonyl (C=O) groups excluding carboxylic acids is 1. The van der Waals surface area contributed by atoms with E-state index >= 15 is 0 Å². The molecular formula is C31H41NO. The van der Waals surface area contributed by atoms with Crippen molar-refractivity contribution in [2.24, 2.45) is 0 Å². The fraction of sp³-hybridized carbons (Fsp3) is 0.387. The zero-order valence-corrected chi connectivity index (χ0v) is 21.4. The van der Waals surface area contributed by atoms with Crippen molar-refractivity contribution in [1.82, 2.24) is 5.32 Å². The van der Waals surface area contributed by atoms with E-state index in [9.17, 15) is 4.79 Å². The van der Waals surface area contributed by atoms with E-state index in [1.54, 1.807) is 6.92 Å². The molecule has 0 aliphatic heterocycles. The van der Waals surface area contributed by atoms with Crippen LogP contribution in [0.25, 0.3) is 16.8 Å². The van der Waals surface area contributed by atoms with Gasteiger partial charge in [-0.2, -0.15) is 0 Å². The third kappa shape index (κ3) is 8.20. The third-order valence-corrected chi connectivity index (χ3v) is 5.95. The molecule has 0 aromatic heterocycles. The minimum absolute atomic E-state index is 0.155. The topological polar surface area (TPSA) is 29.1 Å². The SMILES string of the molecule is CCCCCN/C=C/c1cc(C(C)C)c2ccccc2c1.CCc1ccc(C)c(C(C)=O)c1. The predicted molar refractivity (Wildman–Crippen MR) is 145 cm³/mol. The van der Waals surface area contributed by atoms with E-state index in [1.165, 1.54) is 46.7 Å². The molecule has 2 nitrogen and oxygen atoms in total. The molecule has 0 unspecified atom stereocenters. The summed E-state index contributed by atoms with van der Waals surface area (Å²) in [5, 5.41) is 6.09. The zero-order chi connectivity index (χ0) is 24.2. The van der Waals surface area contributed by atoms with Crippen molar-refractivity contribution >= 4 is 22.6 Å². The number of aryl methyl sites for hydroxylation is 2. The van der Waals surface area contributed by atoms with E-state index in [-0.39, 0.29) is 5.78 Å². The summed E-state index contributed by atoms with van der Waals surface area (Å²) in [7, 11) is 0. The molecule has 0 fully saturated rings. The average Bonchev–Trinajstić information content (AvgIpc) is 2.81. The van der Waals surface area contributed by atoms with Gasteiger partial charge in [0, 0.05) is 12.1 Å². The van der Waals surface area contributed by atoms with Gasteiger partial charge < -0.3 is 5.32 Å². The van der Waals surface area contributed by atoms with Crippen molar-refractivity contribution in [3.05, 3.63) is 88.6 Å². The molecule has 0 aliphatic carbocycles. The predicted octanol–water partition coefficient (Wildman–Crippen LogP) is 8.47. The molecule has 0 radical (unpaired) electrons. The molecule has 2 heteroatoms. The Balaban J connectivity index is 0.000000273. The Bertz CT molecular complexity index is 1060. The summed E-state index contributed by atoms with van der Waals surface area (Å²) in [5.41, 5.74) is 5.86. The lowest BCUT2D eigenvalue weighted by molar-refractivity contribution is 0.101. The molecule has 0 atom stereocenters. The van der Waals surface area contributed by atoms with E-state index in [4.69, 9.17) is 0 Å². The maximum absolute atomic E-state index is 11.1. The maximum Gasteiger partial charge on any atom is 0.160 e. The van der Waals surface area contributed by atoms with E-state index < -0.39 is 0 Å². The van der Waals surface area contributed by atoms with Crippen LogP contribution in [0.15, 0.2) is 60.8 Å². The van der Waals surface area contributed by atoms with Gasteiger partial charge in [0.2, 0.25) is 0 Å². The number of fused-ring (bicyclic) bond motifs is 1. The van der Waals surface area contributed by atoms with Crippen molar-refractivity contribution in [3.8, 4) is 0 Å². The van der Waals surface area contributed by atoms with Gasteiger partial charge in [-0.3, -0.25) is 4.79 Å². The molecule has 0 heterocycles. The summed E-state index contributed by atoms with van der Waals surface area (Å²) in [6.45, 7) is 13.5. The van der Waals surface area contributed by atoms with Crippen LogP contribution in [-0.4, -0.2) is 12.3 Å². The van der Waals surface area contributed by atoms with Crippen LogP contribution in [0, 0.1) is 6.92 Å². The van der Waals surface area contributed by atoms with Crippen molar-refractivity contribution in [3.63, 3.8) is 0 Å². The number of ketones is 1. The van der Waals surface area contributed by atoms with Crippen LogP contribution in [0.3, 0.4) is 0 Å². The Labute approximate surface area is 201 Å². The van der Waals surface area contributed by atoms with Crippen LogP contribution in [0.5, 0.6) is 0 Å². The minimum atomic E-state index is 0.155. The molecule has 3 rings (SSSR count). The van der Waals surface area contributed by atoms with Gasteiger partial charge in [0.1, 0.15) is 0 Å². The molecule has 0 saturated carbocycles. The lowest BCUT2D eigenvalue weighted by atomic mass is 9.93. The molecule has 0 aliphatic rings. The van der Waals surface area contributed by atoms with Gasteiger partial charge >= 0.3 is 0 Å². The van der Waals surface area contributed by atoms with Gasteiger partial charge in [-0.15, -0.1) is 0 Å². The first-order valence-corrected chi connectivity index (χ1v) is 12.4. The number of unbranched alkanes of at least 4 members (excludes halogenated alkanes) is 2. The molecule has 0 amide bonds. The lowest BCUT2D eigenvalue weighted by Crippen LogP contribution is -2.06. The monoisotopic (exact) mass is 443 g/mol. The van der Waals surface area contributed by atoms with E-state index in [0.29, 0.717) is 5.92 Å². The van der Waals surface area contributed by atoms with Crippen LogP contribution >= 0.6 is 0 Å². The lowest BCUT2D eigenvalue weighted by Gasteiger charge is -2.11. The van der Waals surface area contributed by atoms with Crippen LogP contribution in [0.1, 0.15) is 92.4 Å². The van der Waals surface area contributed by atoms with Gasteiger partial charge in [0.05, 0.1) is 0 Å². The summed E-state index contributed by atoms with van der Waals surface area (Å²) < 4.78 is 0. The molecule has 33 heavy (non-hydrogen) atoms. The summed E-state index contributed by atoms with van der Waals surface area (Å²) >= 11 is 0. The van der Waals surface area contributed by atoms with Gasteiger partial charge in [-0.05, 0) is 90.0 Å². The highest BCUT2D eigenvalue weighted by Gasteiger charge is 2.06. The molecule has 0 bridgehead atoms. The Kier molecular flexibility index (Phi) is 10.9. The summed E-state index contributed by atoms with van der Waals surface area (Å²) in [4.78, 5) is 11.1. The number of hydrogen-bond donors (Lipinski definition) is 1. The molecule has 1 N–H and O–H groups in total. The van der Waals surface area contributed by atoms with Crippen molar-refractivity contribution in [1.29, 1.82) is 0 Å². The first-order valence-electron chi connectivity index (χ1n) is 12.4. The van der Waals surface area contributed by atoms with Gasteiger partial charge in [0.25, 0.3) is 0 Å². The summed E-state index contributed by atoms with van der Waals surface area (Å²) in [6, 6.07) is 19.3. The summed E-state index contributed by atoms with van der Waals surface area (Å²) in [6.07, 6.45) is 9.08. The van der Waals surface area contributed by atoms with E-state index in [0.717, 1.165) is 24.1 Å². The molecule has 3 aromatic carbocycles. The third-order valence-electron chi connectivity index (χ3n) is 5.95. The molecular weight excluding hydrogens is 402 g/mol. The Morgan fingerprint density at radius 3 is 2.42 bits per heavy atom. The van der Waals surface area contributed by atoms with Crippen LogP contribution < -0.4 is 5.32 Å². The number of hydrogen-bond acceptors (Lipinski definition) is 2. The standard InChI is InChI=1S/C20H27N.C11H14O/c1-4-5-8-12-21-13-11-17-14-18-9-6-7-10-19(18)20(15-17)16(2)3;1-4-10-6-5-8(2)11(7-10)9(3)12/h6-7,9-11,13-16,21H,4-5,8,12H2,1-3H3;5-7H,4H2,1-3H3/b13-11+;. The number of carbonyl (C=O) groups is 1. The number of nitrogens with one attached hydrogen (secondary N) is 1. The summed E-state index contributed by atoms with van der Waals surface area (Å²) in [5.74, 6) is 0.698. The molecule has 0 saturated heterocycles. The first kappa shape index (κ1) is 26.4. The van der Waals surface area contributed by atoms with Gasteiger partial charge in [-0.1, -0.05) is 83.0 Å². The average molecular weight is 444 g/mol. The van der Waals surface area contributed by atoms with Crippen molar-refractivity contribution in [2.45, 2.75) is 73.1 Å². The molecule has 0 spiro atoms. The van der Waals surface area contributed by atoms with Crippen LogP contribution in [-0.2, 0) is 6.42 Å². The maximum atomic E-state index is 11.1. The van der Waals surface area contributed by atoms with Crippen molar-refractivity contribution < 1.29 is 4.79 Å². The Morgan fingerprint density at radius 1 is 1.00 bits per heavy atom. The van der Waals surface area contributed by atoms with Crippen LogP contribution in [0.2, 0.25) is 0 Å². The second kappa shape index (κ2) is 13.6. The first-order chi connectivity index (χ1) is 15.9. The fourth-order valence-corrected chi connectivity index (χ4v) is 3.92. The number of Topliss-reactive ketones (excluding diaryl/α,β-unsaturated/α-hetero) is 1. The minimum Gasteiger partial charge on any atom is -0.391 e. The highest BCUT2D eigenvalue weighted by Crippen LogP contribution is 2.27.